The van der Waals surface area contributed by atoms with Gasteiger partial charge in [0, 0.05) is 46.1 Å². The minimum absolute atomic E-state index is 0.370. The Labute approximate surface area is 364 Å². The van der Waals surface area contributed by atoms with Gasteiger partial charge in [-0.3, -0.25) is 4.98 Å². The number of H-pyrrole nitrogens is 1. The maximum absolute atomic E-state index is 4.62. The molecule has 15 rings (SSSR count). The molecule has 1 N–H and O–H groups in total. The van der Waals surface area contributed by atoms with E-state index in [1.54, 1.807) is 5.57 Å². The highest BCUT2D eigenvalue weighted by Crippen LogP contribution is 2.48. The highest BCUT2D eigenvalue weighted by molar-refractivity contribution is 6.15. The predicted molar refractivity (Wildman–Crippen MR) is 260 cm³/mol. The number of aryl methyl sites for hydroxylation is 5. The zero-order chi connectivity index (χ0) is 40.9. The number of aromatic amines is 1. The van der Waals surface area contributed by atoms with Gasteiger partial charge in [-0.05, 0) is 195 Å². The lowest BCUT2D eigenvalue weighted by Crippen LogP contribution is -2.07. The van der Waals surface area contributed by atoms with E-state index in [4.69, 9.17) is 0 Å². The number of allylic oxidation sites excluding steroid dienone is 2. The first-order valence-electron chi connectivity index (χ1n) is 22.8. The van der Waals surface area contributed by atoms with Crippen LogP contribution in [0.2, 0.25) is 0 Å². The van der Waals surface area contributed by atoms with E-state index in [1.165, 1.54) is 134 Å². The van der Waals surface area contributed by atoms with Crippen LogP contribution in [0.15, 0.2) is 158 Å². The first-order chi connectivity index (χ1) is 31.2. The van der Waals surface area contributed by atoms with Crippen LogP contribution in [-0.2, 0) is 32.1 Å². The van der Waals surface area contributed by atoms with Gasteiger partial charge in [0.2, 0.25) is 0 Å². The normalized spacial score (nSPS) is 16.1. The van der Waals surface area contributed by atoms with E-state index < -0.39 is 0 Å². The van der Waals surface area contributed by atoms with Gasteiger partial charge in [-0.2, -0.15) is 0 Å². The first-order valence-corrected chi connectivity index (χ1v) is 22.8. The lowest BCUT2D eigenvalue weighted by molar-refractivity contribution is 0.816. The Hall–Kier alpha value is -7.43. The third-order valence-corrected chi connectivity index (χ3v) is 15.4. The number of aromatic nitrogens is 4. The molecule has 1 unspecified atom stereocenters. The molecule has 4 aliphatic rings. The molecular weight excluding hydrogens is 765 g/mol. The van der Waals surface area contributed by atoms with Gasteiger partial charge in [-0.25, -0.2) is 0 Å². The molecule has 0 saturated heterocycles. The Morgan fingerprint density at radius 1 is 0.508 bits per heavy atom. The minimum Gasteiger partial charge on any atom is -0.366 e. The Bertz CT molecular complexity index is 3810. The number of fused-ring (bicyclic) bond motifs is 9. The standard InChI is InChI=1S/C59H42N4/c1-4-34-9-11-36-15-19-44(46(7-1)58(34)36)38-17-21-54-50(26-38)52-28-40-13-14-41-29-53-51-27-39(45-20-16-37-12-10-35-5-2-8-47(45)59(35)37)18-22-55(51)63(43-23-25-61-33-43)57(53)31-49(41)48(40)30-56(52)62(54)42-6-3-24-60-32-42/h1-8,15-19,21-33,45,61H,9-14,20H2. The van der Waals surface area contributed by atoms with Crippen molar-refractivity contribution in [1.82, 2.24) is 19.1 Å². The van der Waals surface area contributed by atoms with Crippen LogP contribution >= 0.6 is 0 Å². The molecule has 4 aromatic heterocycles. The van der Waals surface area contributed by atoms with Crippen molar-refractivity contribution in [3.05, 3.63) is 203 Å². The van der Waals surface area contributed by atoms with Crippen molar-refractivity contribution in [3.8, 4) is 33.6 Å². The smallest absolute Gasteiger partial charge is 0.0645 e. The summed E-state index contributed by atoms with van der Waals surface area (Å²) < 4.78 is 4.91. The number of benzene rings is 7. The van der Waals surface area contributed by atoms with Crippen molar-refractivity contribution in [3.63, 3.8) is 0 Å². The van der Waals surface area contributed by atoms with Gasteiger partial charge in [0.1, 0.15) is 0 Å². The Kier molecular flexibility index (Phi) is 6.83. The van der Waals surface area contributed by atoms with E-state index in [0.717, 1.165) is 43.5 Å². The van der Waals surface area contributed by atoms with E-state index in [2.05, 4.69) is 159 Å². The van der Waals surface area contributed by atoms with Crippen molar-refractivity contribution in [2.75, 3.05) is 0 Å². The van der Waals surface area contributed by atoms with E-state index in [9.17, 15) is 0 Å². The van der Waals surface area contributed by atoms with Gasteiger partial charge in [0.25, 0.3) is 0 Å². The van der Waals surface area contributed by atoms with E-state index in [1.807, 2.05) is 18.6 Å². The van der Waals surface area contributed by atoms with Crippen LogP contribution in [0.25, 0.3) is 93.6 Å². The molecule has 0 radical (unpaired) electrons. The quantitative estimate of drug-likeness (QED) is 0.189. The average molecular weight is 807 g/mol. The molecule has 4 nitrogen and oxygen atoms in total. The molecule has 11 aromatic rings. The molecule has 4 aliphatic carbocycles. The topological polar surface area (TPSA) is 38.5 Å². The molecule has 0 aliphatic heterocycles. The molecule has 63 heavy (non-hydrogen) atoms. The summed E-state index contributed by atoms with van der Waals surface area (Å²) in [6.07, 6.45) is 18.3. The van der Waals surface area contributed by atoms with Crippen molar-refractivity contribution in [2.24, 2.45) is 0 Å². The molecule has 7 aromatic carbocycles. The van der Waals surface area contributed by atoms with Crippen LogP contribution in [0.4, 0.5) is 0 Å². The second-order valence-electron chi connectivity index (χ2n) is 18.5. The molecule has 4 heterocycles. The average Bonchev–Trinajstić information content (AvgIpc) is 4.19. The predicted octanol–water partition coefficient (Wildman–Crippen LogP) is 14.2. The van der Waals surface area contributed by atoms with Gasteiger partial charge in [-0.1, -0.05) is 66.7 Å². The fourth-order valence-electron chi connectivity index (χ4n) is 12.6. The van der Waals surface area contributed by atoms with Crippen LogP contribution in [0.1, 0.15) is 63.3 Å². The molecule has 0 spiro atoms. The van der Waals surface area contributed by atoms with Gasteiger partial charge >= 0.3 is 0 Å². The molecular formula is C59H42N4. The number of pyridine rings is 1. The zero-order valence-electron chi connectivity index (χ0n) is 34.9. The summed E-state index contributed by atoms with van der Waals surface area (Å²) >= 11 is 0. The van der Waals surface area contributed by atoms with Gasteiger partial charge in [0.15, 0.2) is 0 Å². The number of nitrogens with zero attached hydrogens (tertiary/aromatic N) is 3. The van der Waals surface area contributed by atoms with Crippen LogP contribution < -0.4 is 0 Å². The fourth-order valence-corrected chi connectivity index (χ4v) is 12.6. The SMILES string of the molecule is C1=C2CCc3cccc(c32)C(c2ccc3c(c2)c2cc4c(cc2n3-c2cc[nH]c2)-c2cc3c(cc2CC4)c2cc(-c4ccc5c6c(cccc46)CC5)ccc2n3-c2cccnc2)C1. The summed E-state index contributed by atoms with van der Waals surface area (Å²) in [4.78, 5) is 7.98. The largest absolute Gasteiger partial charge is 0.366 e. The molecule has 0 bridgehead atoms. The van der Waals surface area contributed by atoms with E-state index in [0.29, 0.717) is 5.92 Å². The number of rotatable bonds is 4. The van der Waals surface area contributed by atoms with Gasteiger partial charge in [0.05, 0.1) is 39.6 Å². The number of nitrogens with one attached hydrogen (secondary N) is 1. The summed E-state index contributed by atoms with van der Waals surface area (Å²) in [6.45, 7) is 0. The summed E-state index contributed by atoms with van der Waals surface area (Å²) in [6, 6.07) is 49.6. The van der Waals surface area contributed by atoms with Crippen molar-refractivity contribution in [2.45, 2.75) is 50.9 Å². The fraction of sp³-hybridized carbons (Fsp3) is 0.136. The molecule has 0 saturated carbocycles. The first kappa shape index (κ1) is 34.2. The van der Waals surface area contributed by atoms with Gasteiger partial charge < -0.3 is 14.1 Å². The van der Waals surface area contributed by atoms with Crippen molar-refractivity contribution < 1.29 is 0 Å². The summed E-state index contributed by atoms with van der Waals surface area (Å²) in [7, 11) is 0. The Morgan fingerprint density at radius 2 is 1.22 bits per heavy atom. The number of hydrogen-bond donors (Lipinski definition) is 1. The van der Waals surface area contributed by atoms with Gasteiger partial charge in [-0.15, -0.1) is 0 Å². The minimum atomic E-state index is 0.370. The third kappa shape index (κ3) is 4.73. The molecule has 298 valence electrons. The van der Waals surface area contributed by atoms with E-state index >= 15 is 0 Å². The second kappa shape index (κ2) is 12.6. The summed E-state index contributed by atoms with van der Waals surface area (Å²) in [5, 5.41) is 8.09. The molecule has 0 amide bonds. The molecule has 0 fully saturated rings. The second-order valence-corrected chi connectivity index (χ2v) is 18.5. The van der Waals surface area contributed by atoms with Crippen LogP contribution in [-0.4, -0.2) is 19.1 Å². The summed E-state index contributed by atoms with van der Waals surface area (Å²) in [5.41, 5.74) is 25.8. The van der Waals surface area contributed by atoms with Crippen molar-refractivity contribution in [1.29, 1.82) is 0 Å². The number of hydrogen-bond acceptors (Lipinski definition) is 1. The van der Waals surface area contributed by atoms with Crippen LogP contribution in [0, 0.1) is 0 Å². The Morgan fingerprint density at radius 3 is 2.02 bits per heavy atom. The van der Waals surface area contributed by atoms with Crippen LogP contribution in [0.3, 0.4) is 0 Å². The maximum Gasteiger partial charge on any atom is 0.0645 e. The summed E-state index contributed by atoms with van der Waals surface area (Å²) in [5.74, 6) is 0.370. The third-order valence-electron chi connectivity index (χ3n) is 15.4. The van der Waals surface area contributed by atoms with E-state index in [-0.39, 0.29) is 0 Å². The van der Waals surface area contributed by atoms with Crippen LogP contribution in [0.5, 0.6) is 0 Å². The maximum atomic E-state index is 4.62. The van der Waals surface area contributed by atoms with Crippen molar-refractivity contribution >= 4 is 60.0 Å². The Balaban J connectivity index is 0.935. The highest BCUT2D eigenvalue weighted by Gasteiger charge is 2.30. The zero-order valence-corrected chi connectivity index (χ0v) is 34.9. The molecule has 1 atom stereocenters. The molecule has 4 heteroatoms. The highest BCUT2D eigenvalue weighted by atomic mass is 15.0. The lowest BCUT2D eigenvalue weighted by atomic mass is 9.79. The monoisotopic (exact) mass is 806 g/mol. The lowest BCUT2D eigenvalue weighted by Gasteiger charge is -2.25.